The molecule has 8 heteroatoms. The van der Waals surface area contributed by atoms with Crippen molar-refractivity contribution in [1.82, 2.24) is 30.2 Å². The van der Waals surface area contributed by atoms with Gasteiger partial charge in [0.2, 0.25) is 5.82 Å². The summed E-state index contributed by atoms with van der Waals surface area (Å²) in [4.78, 5) is 32.6. The lowest BCUT2D eigenvalue weighted by molar-refractivity contribution is 0.0815. The van der Waals surface area contributed by atoms with Gasteiger partial charge in [0.1, 0.15) is 11.5 Å². The van der Waals surface area contributed by atoms with E-state index in [1.807, 2.05) is 26.2 Å². The van der Waals surface area contributed by atoms with Crippen LogP contribution >= 0.6 is 0 Å². The molecule has 1 saturated heterocycles. The predicted octanol–water partition coefficient (Wildman–Crippen LogP) is 2.04. The van der Waals surface area contributed by atoms with Gasteiger partial charge in [0, 0.05) is 68.8 Å². The number of nitrogens with one attached hydrogen (secondary N) is 2. The molecule has 152 valence electrons. The molecule has 1 atom stereocenters. The summed E-state index contributed by atoms with van der Waals surface area (Å²) in [5.41, 5.74) is 4.04. The third-order valence-corrected chi connectivity index (χ3v) is 5.58. The largest absolute Gasteiger partial charge is 0.355 e. The van der Waals surface area contributed by atoms with Gasteiger partial charge in [0.15, 0.2) is 0 Å². The first-order valence-electron chi connectivity index (χ1n) is 9.90. The van der Waals surface area contributed by atoms with Crippen molar-refractivity contribution in [2.45, 2.75) is 32.9 Å². The maximum absolute atomic E-state index is 12.3. The molecule has 8 nitrogen and oxygen atoms in total. The Balaban J connectivity index is 1.47. The van der Waals surface area contributed by atoms with E-state index in [1.165, 1.54) is 10.5 Å². The van der Waals surface area contributed by atoms with E-state index in [0.717, 1.165) is 54.2 Å². The Morgan fingerprint density at radius 1 is 1.31 bits per heavy atom. The van der Waals surface area contributed by atoms with Crippen molar-refractivity contribution in [3.63, 3.8) is 0 Å². The summed E-state index contributed by atoms with van der Waals surface area (Å²) in [6.45, 7) is 6.51. The van der Waals surface area contributed by atoms with E-state index in [0.29, 0.717) is 6.04 Å². The first-order valence-corrected chi connectivity index (χ1v) is 9.90. The third-order valence-electron chi connectivity index (χ3n) is 5.58. The van der Waals surface area contributed by atoms with E-state index in [-0.39, 0.29) is 11.7 Å². The number of aromatic amines is 1. The molecule has 1 amide bonds. The molecule has 0 aliphatic carbocycles. The number of anilines is 1. The minimum absolute atomic E-state index is 0.170. The van der Waals surface area contributed by atoms with E-state index >= 15 is 0 Å². The maximum Gasteiger partial charge on any atom is 0.291 e. The topological polar surface area (TPSA) is 90.0 Å². The van der Waals surface area contributed by atoms with Gasteiger partial charge in [-0.2, -0.15) is 0 Å². The van der Waals surface area contributed by atoms with Crippen molar-refractivity contribution in [2.75, 3.05) is 32.1 Å². The summed E-state index contributed by atoms with van der Waals surface area (Å²) in [5.74, 6) is 0.955. The second-order valence-electron chi connectivity index (χ2n) is 7.80. The SMILES string of the molecule is Cc1nc(C(=O)N(C)C)nc(N2CC[C@@H](NCc3ccnc4[nH]ccc34)C2)c1C. The molecule has 4 heterocycles. The Labute approximate surface area is 170 Å². The number of aryl methyl sites for hydroxylation is 1. The number of hydrogen-bond donors (Lipinski definition) is 2. The second kappa shape index (κ2) is 7.79. The summed E-state index contributed by atoms with van der Waals surface area (Å²) in [7, 11) is 3.44. The molecule has 1 aliphatic heterocycles. The summed E-state index contributed by atoms with van der Waals surface area (Å²) >= 11 is 0. The van der Waals surface area contributed by atoms with Gasteiger partial charge >= 0.3 is 0 Å². The van der Waals surface area contributed by atoms with Crippen LogP contribution < -0.4 is 10.2 Å². The van der Waals surface area contributed by atoms with Crippen LogP contribution in [0.2, 0.25) is 0 Å². The number of pyridine rings is 1. The highest BCUT2D eigenvalue weighted by atomic mass is 16.2. The quantitative estimate of drug-likeness (QED) is 0.689. The lowest BCUT2D eigenvalue weighted by Gasteiger charge is -2.22. The van der Waals surface area contributed by atoms with Gasteiger partial charge in [-0.05, 0) is 38.0 Å². The normalized spacial score (nSPS) is 16.6. The van der Waals surface area contributed by atoms with Crippen molar-refractivity contribution in [2.24, 2.45) is 0 Å². The molecule has 0 radical (unpaired) electrons. The molecule has 2 N–H and O–H groups in total. The number of amides is 1. The first-order chi connectivity index (χ1) is 13.9. The minimum atomic E-state index is -0.170. The molecule has 0 bridgehead atoms. The smallest absolute Gasteiger partial charge is 0.291 e. The van der Waals surface area contributed by atoms with Gasteiger partial charge in [-0.25, -0.2) is 15.0 Å². The second-order valence-corrected chi connectivity index (χ2v) is 7.80. The summed E-state index contributed by atoms with van der Waals surface area (Å²) < 4.78 is 0. The average molecular weight is 393 g/mol. The molecule has 0 saturated carbocycles. The van der Waals surface area contributed by atoms with Gasteiger partial charge in [0.05, 0.1) is 0 Å². The fraction of sp³-hybridized carbons (Fsp3) is 0.429. The van der Waals surface area contributed by atoms with Crippen LogP contribution in [0.3, 0.4) is 0 Å². The van der Waals surface area contributed by atoms with Gasteiger partial charge in [-0.1, -0.05) is 0 Å². The van der Waals surface area contributed by atoms with Gasteiger partial charge < -0.3 is 20.1 Å². The number of carbonyl (C=O) groups excluding carboxylic acids is 1. The van der Waals surface area contributed by atoms with Crippen LogP contribution in [0.25, 0.3) is 11.0 Å². The molecular formula is C21H27N7O. The van der Waals surface area contributed by atoms with E-state index in [9.17, 15) is 4.79 Å². The van der Waals surface area contributed by atoms with Crippen LogP contribution in [-0.2, 0) is 6.54 Å². The number of aromatic nitrogens is 4. The van der Waals surface area contributed by atoms with Crippen molar-refractivity contribution in [1.29, 1.82) is 0 Å². The Hall–Kier alpha value is -3.00. The van der Waals surface area contributed by atoms with Crippen LogP contribution in [0.1, 0.15) is 33.9 Å². The van der Waals surface area contributed by atoms with Gasteiger partial charge in [-0.3, -0.25) is 4.79 Å². The molecule has 1 fully saturated rings. The van der Waals surface area contributed by atoms with Crippen molar-refractivity contribution in [3.05, 3.63) is 47.2 Å². The molecule has 0 unspecified atom stereocenters. The fourth-order valence-corrected chi connectivity index (χ4v) is 3.76. The van der Waals surface area contributed by atoms with Crippen LogP contribution in [-0.4, -0.2) is 64.0 Å². The fourth-order valence-electron chi connectivity index (χ4n) is 3.76. The molecular weight excluding hydrogens is 366 g/mol. The lowest BCUT2D eigenvalue weighted by atomic mass is 10.1. The molecule has 29 heavy (non-hydrogen) atoms. The zero-order valence-corrected chi connectivity index (χ0v) is 17.4. The summed E-state index contributed by atoms with van der Waals surface area (Å²) in [6, 6.07) is 4.49. The molecule has 3 aromatic heterocycles. The molecule has 0 spiro atoms. The maximum atomic E-state index is 12.3. The Morgan fingerprint density at radius 3 is 2.93 bits per heavy atom. The van der Waals surface area contributed by atoms with E-state index < -0.39 is 0 Å². The van der Waals surface area contributed by atoms with Crippen LogP contribution in [0.5, 0.6) is 0 Å². The minimum Gasteiger partial charge on any atom is -0.355 e. The highest BCUT2D eigenvalue weighted by Gasteiger charge is 2.26. The van der Waals surface area contributed by atoms with E-state index in [2.05, 4.69) is 42.3 Å². The molecule has 1 aliphatic rings. The Kier molecular flexibility index (Phi) is 5.19. The first kappa shape index (κ1) is 19.3. The number of H-pyrrole nitrogens is 1. The average Bonchev–Trinajstić information content (AvgIpc) is 3.37. The lowest BCUT2D eigenvalue weighted by Crippen LogP contribution is -2.33. The Morgan fingerprint density at radius 2 is 2.14 bits per heavy atom. The number of carbonyl (C=O) groups is 1. The predicted molar refractivity (Wildman–Crippen MR) is 113 cm³/mol. The third kappa shape index (κ3) is 3.80. The summed E-state index contributed by atoms with van der Waals surface area (Å²) in [5, 5.41) is 4.82. The van der Waals surface area contributed by atoms with Crippen molar-refractivity contribution >= 4 is 22.8 Å². The molecule has 3 aromatic rings. The number of fused-ring (bicyclic) bond motifs is 1. The molecule has 0 aromatic carbocycles. The van der Waals surface area contributed by atoms with Crippen molar-refractivity contribution in [3.8, 4) is 0 Å². The molecule has 4 rings (SSSR count). The van der Waals surface area contributed by atoms with Gasteiger partial charge in [0.25, 0.3) is 5.91 Å². The standard InChI is InChI=1S/C21H27N7O/c1-13-14(2)25-19(21(29)27(3)4)26-20(13)28-10-7-16(12-28)24-11-15-5-8-22-18-17(15)6-9-23-18/h5-6,8-9,16,24H,7,10-12H2,1-4H3,(H,22,23)/t16-/m1/s1. The van der Waals surface area contributed by atoms with Crippen LogP contribution in [0.4, 0.5) is 5.82 Å². The summed E-state index contributed by atoms with van der Waals surface area (Å²) in [6.07, 6.45) is 4.79. The van der Waals surface area contributed by atoms with Crippen LogP contribution in [0.15, 0.2) is 24.5 Å². The highest BCUT2D eigenvalue weighted by Crippen LogP contribution is 2.24. The van der Waals surface area contributed by atoms with Crippen molar-refractivity contribution < 1.29 is 4.79 Å². The monoisotopic (exact) mass is 393 g/mol. The zero-order valence-electron chi connectivity index (χ0n) is 17.4. The zero-order chi connectivity index (χ0) is 20.5. The van der Waals surface area contributed by atoms with E-state index in [1.54, 1.807) is 14.1 Å². The number of nitrogens with zero attached hydrogens (tertiary/aromatic N) is 5. The highest BCUT2D eigenvalue weighted by molar-refractivity contribution is 5.90. The Bertz CT molecular complexity index is 1040. The number of rotatable bonds is 5. The van der Waals surface area contributed by atoms with Crippen LogP contribution in [0, 0.1) is 13.8 Å². The number of hydrogen-bond acceptors (Lipinski definition) is 6. The van der Waals surface area contributed by atoms with E-state index in [4.69, 9.17) is 0 Å². The van der Waals surface area contributed by atoms with Gasteiger partial charge in [-0.15, -0.1) is 0 Å².